The van der Waals surface area contributed by atoms with E-state index in [0.29, 0.717) is 6.54 Å². The number of benzene rings is 1. The van der Waals surface area contributed by atoms with Gasteiger partial charge in [0.05, 0.1) is 6.54 Å². The minimum Gasteiger partial charge on any atom is -0.290 e. The lowest BCUT2D eigenvalue weighted by atomic mass is 10.0. The van der Waals surface area contributed by atoms with Crippen LogP contribution in [0.5, 0.6) is 0 Å². The summed E-state index contributed by atoms with van der Waals surface area (Å²) in [6, 6.07) is 5.59. The standard InChI is InChI=1S/C16H21FN6O/c1-2-23-20-16(19-21-23)18-15(24)14(22-10-4-3-5-11-22)12-6-8-13(17)9-7-12/h6-9,14H,2-5,10-11H2,1H3,(H,18,20,24). The number of piperidine rings is 1. The van der Waals surface area contributed by atoms with Crippen molar-refractivity contribution in [1.29, 1.82) is 0 Å². The lowest BCUT2D eigenvalue weighted by Gasteiger charge is -2.33. The molecule has 0 saturated carbocycles. The van der Waals surface area contributed by atoms with Crippen molar-refractivity contribution >= 4 is 11.9 Å². The van der Waals surface area contributed by atoms with Gasteiger partial charge in [0.15, 0.2) is 0 Å². The lowest BCUT2D eigenvalue weighted by Crippen LogP contribution is -2.40. The maximum Gasteiger partial charge on any atom is 0.270 e. The van der Waals surface area contributed by atoms with Crippen molar-refractivity contribution in [3.63, 3.8) is 0 Å². The number of tetrazole rings is 1. The van der Waals surface area contributed by atoms with Crippen molar-refractivity contribution < 1.29 is 9.18 Å². The van der Waals surface area contributed by atoms with Crippen LogP contribution in [-0.4, -0.2) is 44.1 Å². The van der Waals surface area contributed by atoms with Crippen LogP contribution in [0.1, 0.15) is 37.8 Å². The average molecular weight is 332 g/mol. The predicted molar refractivity (Wildman–Crippen MR) is 86.7 cm³/mol. The number of aryl methyl sites for hydroxylation is 1. The van der Waals surface area contributed by atoms with E-state index in [1.54, 1.807) is 12.1 Å². The van der Waals surface area contributed by atoms with Crippen molar-refractivity contribution in [2.45, 2.75) is 38.8 Å². The average Bonchev–Trinajstić information content (AvgIpc) is 3.05. The van der Waals surface area contributed by atoms with Gasteiger partial charge in [-0.1, -0.05) is 23.7 Å². The Kier molecular flexibility index (Phi) is 5.14. The van der Waals surface area contributed by atoms with Gasteiger partial charge in [0, 0.05) is 0 Å². The first-order valence-corrected chi connectivity index (χ1v) is 8.25. The normalized spacial score (nSPS) is 16.8. The monoisotopic (exact) mass is 332 g/mol. The van der Waals surface area contributed by atoms with E-state index in [1.807, 2.05) is 6.92 Å². The fourth-order valence-electron chi connectivity index (χ4n) is 2.96. The highest BCUT2D eigenvalue weighted by Gasteiger charge is 2.29. The highest BCUT2D eigenvalue weighted by molar-refractivity contribution is 5.94. The smallest absolute Gasteiger partial charge is 0.270 e. The van der Waals surface area contributed by atoms with Gasteiger partial charge in [0.2, 0.25) is 5.91 Å². The number of amides is 1. The molecule has 1 aromatic heterocycles. The zero-order valence-electron chi connectivity index (χ0n) is 13.7. The van der Waals surface area contributed by atoms with Gasteiger partial charge in [-0.15, -0.1) is 5.10 Å². The number of nitrogens with zero attached hydrogens (tertiary/aromatic N) is 5. The number of carbonyl (C=O) groups excluding carboxylic acids is 1. The van der Waals surface area contributed by atoms with E-state index < -0.39 is 6.04 Å². The summed E-state index contributed by atoms with van der Waals surface area (Å²) in [5, 5.41) is 14.5. The second-order valence-electron chi connectivity index (χ2n) is 5.84. The summed E-state index contributed by atoms with van der Waals surface area (Å²) in [6.07, 6.45) is 3.27. The molecule has 0 spiro atoms. The van der Waals surface area contributed by atoms with Crippen molar-refractivity contribution in [2.24, 2.45) is 0 Å². The van der Waals surface area contributed by atoms with E-state index in [-0.39, 0.29) is 17.7 Å². The van der Waals surface area contributed by atoms with E-state index in [0.717, 1.165) is 31.5 Å². The number of likely N-dealkylation sites (tertiary alicyclic amines) is 1. The molecule has 128 valence electrons. The minimum atomic E-state index is -0.487. The van der Waals surface area contributed by atoms with Gasteiger partial charge in [-0.05, 0) is 55.8 Å². The maximum absolute atomic E-state index is 13.2. The third-order valence-corrected chi connectivity index (χ3v) is 4.16. The molecule has 1 aliphatic rings. The molecule has 2 aromatic rings. The molecule has 1 fully saturated rings. The molecule has 1 aliphatic heterocycles. The Hall–Kier alpha value is -2.35. The molecule has 1 aromatic carbocycles. The molecule has 1 atom stereocenters. The highest BCUT2D eigenvalue weighted by atomic mass is 19.1. The van der Waals surface area contributed by atoms with Crippen LogP contribution in [-0.2, 0) is 11.3 Å². The Morgan fingerprint density at radius 2 is 1.96 bits per heavy atom. The summed E-state index contributed by atoms with van der Waals surface area (Å²) in [6.45, 7) is 4.15. The van der Waals surface area contributed by atoms with Gasteiger partial charge in [-0.2, -0.15) is 4.80 Å². The second kappa shape index (κ2) is 7.48. The number of aromatic nitrogens is 4. The molecule has 1 unspecified atom stereocenters. The fourth-order valence-corrected chi connectivity index (χ4v) is 2.96. The number of halogens is 1. The van der Waals surface area contributed by atoms with E-state index >= 15 is 0 Å². The van der Waals surface area contributed by atoms with Crippen LogP contribution in [0.25, 0.3) is 0 Å². The zero-order valence-corrected chi connectivity index (χ0v) is 13.7. The van der Waals surface area contributed by atoms with Gasteiger partial charge >= 0.3 is 0 Å². The number of hydrogen-bond donors (Lipinski definition) is 1. The van der Waals surface area contributed by atoms with Crippen LogP contribution >= 0.6 is 0 Å². The van der Waals surface area contributed by atoms with E-state index in [4.69, 9.17) is 0 Å². The van der Waals surface area contributed by atoms with Crippen LogP contribution < -0.4 is 5.32 Å². The first-order valence-electron chi connectivity index (χ1n) is 8.25. The van der Waals surface area contributed by atoms with Crippen LogP contribution in [0.2, 0.25) is 0 Å². The third kappa shape index (κ3) is 3.76. The first kappa shape index (κ1) is 16.5. The first-order chi connectivity index (χ1) is 11.7. The molecule has 1 amide bonds. The minimum absolute atomic E-state index is 0.186. The molecule has 7 nitrogen and oxygen atoms in total. The molecule has 8 heteroatoms. The molecule has 1 N–H and O–H groups in total. The Bertz CT molecular complexity index is 680. The van der Waals surface area contributed by atoms with Gasteiger partial charge in [-0.3, -0.25) is 15.0 Å². The summed E-state index contributed by atoms with van der Waals surface area (Å²) in [7, 11) is 0. The van der Waals surface area contributed by atoms with Crippen molar-refractivity contribution in [3.05, 3.63) is 35.6 Å². The van der Waals surface area contributed by atoms with Gasteiger partial charge < -0.3 is 0 Å². The number of rotatable bonds is 5. The number of hydrogen-bond acceptors (Lipinski definition) is 5. The van der Waals surface area contributed by atoms with Gasteiger partial charge in [-0.25, -0.2) is 4.39 Å². The highest BCUT2D eigenvalue weighted by Crippen LogP contribution is 2.26. The molecule has 1 saturated heterocycles. The fraction of sp³-hybridized carbons (Fsp3) is 0.500. The maximum atomic E-state index is 13.2. The summed E-state index contributed by atoms with van der Waals surface area (Å²) >= 11 is 0. The number of carbonyl (C=O) groups is 1. The SMILES string of the molecule is CCn1nnc(NC(=O)C(c2ccc(F)cc2)N2CCCCC2)n1. The Balaban J connectivity index is 1.82. The summed E-state index contributed by atoms with van der Waals surface area (Å²) < 4.78 is 13.2. The number of nitrogens with one attached hydrogen (secondary N) is 1. The zero-order chi connectivity index (χ0) is 16.9. The lowest BCUT2D eigenvalue weighted by molar-refractivity contribution is -0.122. The molecule has 0 aliphatic carbocycles. The van der Waals surface area contributed by atoms with Crippen LogP contribution in [0, 0.1) is 5.82 Å². The molecule has 0 radical (unpaired) electrons. The molecule has 24 heavy (non-hydrogen) atoms. The van der Waals surface area contributed by atoms with E-state index in [9.17, 15) is 9.18 Å². The molecule has 3 rings (SSSR count). The molecular formula is C16H21FN6O. The van der Waals surface area contributed by atoms with Crippen LogP contribution in [0.4, 0.5) is 10.3 Å². The molecular weight excluding hydrogens is 311 g/mol. The summed E-state index contributed by atoms with van der Waals surface area (Å²) in [5.41, 5.74) is 0.763. The van der Waals surface area contributed by atoms with Gasteiger partial charge in [0.1, 0.15) is 11.9 Å². The summed E-state index contributed by atoms with van der Waals surface area (Å²) in [4.78, 5) is 16.4. The van der Waals surface area contributed by atoms with E-state index in [1.165, 1.54) is 23.4 Å². The second-order valence-corrected chi connectivity index (χ2v) is 5.84. The molecule has 2 heterocycles. The third-order valence-electron chi connectivity index (χ3n) is 4.16. The predicted octanol–water partition coefficient (Wildman–Crippen LogP) is 2.00. The summed E-state index contributed by atoms with van der Waals surface area (Å²) in [5.74, 6) is -0.353. The van der Waals surface area contributed by atoms with Gasteiger partial charge in [0.25, 0.3) is 5.95 Å². The Labute approximate surface area is 139 Å². The quantitative estimate of drug-likeness (QED) is 0.906. The van der Waals surface area contributed by atoms with Crippen LogP contribution in [0.3, 0.4) is 0 Å². The van der Waals surface area contributed by atoms with Crippen molar-refractivity contribution in [1.82, 2.24) is 25.1 Å². The molecule has 0 bridgehead atoms. The van der Waals surface area contributed by atoms with Crippen LogP contribution in [0.15, 0.2) is 24.3 Å². The number of anilines is 1. The van der Waals surface area contributed by atoms with E-state index in [2.05, 4.69) is 25.6 Å². The topological polar surface area (TPSA) is 75.9 Å². The Morgan fingerprint density at radius 1 is 1.25 bits per heavy atom. The Morgan fingerprint density at radius 3 is 2.58 bits per heavy atom. The van der Waals surface area contributed by atoms with Crippen molar-refractivity contribution in [3.8, 4) is 0 Å². The van der Waals surface area contributed by atoms with Crippen molar-refractivity contribution in [2.75, 3.05) is 18.4 Å². The largest absolute Gasteiger partial charge is 0.290 e.